The molecule has 3 heteroatoms. The monoisotopic (exact) mass is 228 g/mol. The van der Waals surface area contributed by atoms with Gasteiger partial charge in [-0.15, -0.1) is 0 Å². The van der Waals surface area contributed by atoms with Crippen molar-refractivity contribution in [3.63, 3.8) is 0 Å². The van der Waals surface area contributed by atoms with E-state index in [-0.39, 0.29) is 5.60 Å². The molecule has 0 amide bonds. The highest BCUT2D eigenvalue weighted by atomic mass is 16.7. The van der Waals surface area contributed by atoms with Crippen molar-refractivity contribution in [1.29, 1.82) is 0 Å². The van der Waals surface area contributed by atoms with Crippen LogP contribution in [-0.4, -0.2) is 24.6 Å². The highest BCUT2D eigenvalue weighted by molar-refractivity contribution is 4.98. The lowest BCUT2D eigenvalue weighted by Gasteiger charge is -2.33. The number of ether oxygens (including phenoxy) is 3. The fourth-order valence-corrected chi connectivity index (χ4v) is 1.48. The Balaban J connectivity index is 2.23. The van der Waals surface area contributed by atoms with Gasteiger partial charge in [-0.3, -0.25) is 0 Å². The minimum atomic E-state index is -0.471. The summed E-state index contributed by atoms with van der Waals surface area (Å²) in [6.07, 6.45) is 3.75. The molecular formula is C13H24O3. The van der Waals surface area contributed by atoms with Crippen molar-refractivity contribution >= 4 is 0 Å². The van der Waals surface area contributed by atoms with Gasteiger partial charge in [0.25, 0.3) is 0 Å². The average molecular weight is 228 g/mol. The van der Waals surface area contributed by atoms with Crippen molar-refractivity contribution in [2.75, 3.05) is 13.2 Å². The number of rotatable bonds is 4. The van der Waals surface area contributed by atoms with E-state index in [1.54, 1.807) is 6.26 Å². The van der Waals surface area contributed by atoms with Crippen LogP contribution in [0.1, 0.15) is 47.5 Å². The Morgan fingerprint density at radius 3 is 2.56 bits per heavy atom. The fourth-order valence-electron chi connectivity index (χ4n) is 1.48. The first kappa shape index (κ1) is 13.5. The second-order valence-corrected chi connectivity index (χ2v) is 5.53. The van der Waals surface area contributed by atoms with Gasteiger partial charge in [-0.05, 0) is 39.7 Å². The molecule has 3 nitrogen and oxygen atoms in total. The van der Waals surface area contributed by atoms with E-state index < -0.39 is 5.79 Å². The van der Waals surface area contributed by atoms with Crippen LogP contribution in [0, 0.1) is 0 Å². The molecule has 1 aliphatic rings. The third-order valence-corrected chi connectivity index (χ3v) is 2.51. The molecule has 0 saturated heterocycles. The highest BCUT2D eigenvalue weighted by Gasteiger charge is 2.28. The van der Waals surface area contributed by atoms with Crippen LogP contribution in [0.2, 0.25) is 0 Å². The molecule has 0 aromatic heterocycles. The molecule has 1 unspecified atom stereocenters. The predicted molar refractivity (Wildman–Crippen MR) is 64.1 cm³/mol. The Hall–Kier alpha value is -0.540. The van der Waals surface area contributed by atoms with Crippen LogP contribution in [-0.2, 0) is 14.2 Å². The van der Waals surface area contributed by atoms with Crippen molar-refractivity contribution in [1.82, 2.24) is 0 Å². The number of allylic oxidation sites excluding steroid dienone is 1. The fraction of sp³-hybridized carbons (Fsp3) is 0.846. The van der Waals surface area contributed by atoms with E-state index in [0.717, 1.165) is 12.8 Å². The Morgan fingerprint density at radius 2 is 2.06 bits per heavy atom. The molecule has 94 valence electrons. The Bertz CT molecular complexity index is 252. The lowest BCUT2D eigenvalue weighted by atomic mass is 10.1. The lowest BCUT2D eigenvalue weighted by molar-refractivity contribution is -0.214. The molecule has 1 heterocycles. The SMILES string of the molecule is CC1=COC(C)(OCCOC(C)(C)C)CC1. The standard InChI is InChI=1S/C13H24O3/c1-11-6-7-13(5,16-10-11)15-9-8-14-12(2,3)4/h10H,6-9H2,1-5H3. The molecule has 0 aromatic carbocycles. The summed E-state index contributed by atoms with van der Waals surface area (Å²) in [5.41, 5.74) is 1.17. The molecule has 0 radical (unpaired) electrons. The van der Waals surface area contributed by atoms with Gasteiger partial charge in [0.15, 0.2) is 0 Å². The Morgan fingerprint density at radius 1 is 1.38 bits per heavy atom. The summed E-state index contributed by atoms with van der Waals surface area (Å²) in [5.74, 6) is -0.471. The quantitative estimate of drug-likeness (QED) is 0.691. The van der Waals surface area contributed by atoms with Gasteiger partial charge >= 0.3 is 0 Å². The van der Waals surface area contributed by atoms with Gasteiger partial charge < -0.3 is 14.2 Å². The minimum Gasteiger partial charge on any atom is -0.470 e. The van der Waals surface area contributed by atoms with E-state index in [9.17, 15) is 0 Å². The normalized spacial score (nSPS) is 26.2. The van der Waals surface area contributed by atoms with Crippen LogP contribution < -0.4 is 0 Å². The zero-order valence-electron chi connectivity index (χ0n) is 11.1. The maximum atomic E-state index is 5.72. The molecule has 0 saturated carbocycles. The lowest BCUT2D eigenvalue weighted by Crippen LogP contribution is -2.34. The molecule has 0 aliphatic carbocycles. The first-order chi connectivity index (χ1) is 7.31. The van der Waals surface area contributed by atoms with Gasteiger partial charge in [-0.25, -0.2) is 0 Å². The molecule has 1 aliphatic heterocycles. The number of hydrogen-bond acceptors (Lipinski definition) is 3. The molecule has 0 spiro atoms. The molecule has 0 aromatic rings. The van der Waals surface area contributed by atoms with E-state index in [4.69, 9.17) is 14.2 Å². The smallest absolute Gasteiger partial charge is 0.207 e. The summed E-state index contributed by atoms with van der Waals surface area (Å²) in [6.45, 7) is 11.3. The van der Waals surface area contributed by atoms with Gasteiger partial charge in [0.2, 0.25) is 5.79 Å². The number of hydrogen-bond donors (Lipinski definition) is 0. The summed E-state index contributed by atoms with van der Waals surface area (Å²) >= 11 is 0. The molecule has 0 bridgehead atoms. The van der Waals surface area contributed by atoms with Crippen molar-refractivity contribution in [3.8, 4) is 0 Å². The summed E-state index contributed by atoms with van der Waals surface area (Å²) in [7, 11) is 0. The molecule has 0 N–H and O–H groups in total. The topological polar surface area (TPSA) is 27.7 Å². The molecule has 16 heavy (non-hydrogen) atoms. The van der Waals surface area contributed by atoms with Crippen molar-refractivity contribution in [2.45, 2.75) is 58.8 Å². The summed E-state index contributed by atoms with van der Waals surface area (Å²) in [5, 5.41) is 0. The second-order valence-electron chi connectivity index (χ2n) is 5.53. The van der Waals surface area contributed by atoms with Crippen LogP contribution in [0.25, 0.3) is 0 Å². The third kappa shape index (κ3) is 4.99. The molecular weight excluding hydrogens is 204 g/mol. The predicted octanol–water partition coefficient (Wildman–Crippen LogP) is 3.25. The van der Waals surface area contributed by atoms with Gasteiger partial charge in [0, 0.05) is 13.3 Å². The largest absolute Gasteiger partial charge is 0.470 e. The van der Waals surface area contributed by atoms with Crippen LogP contribution in [0.15, 0.2) is 11.8 Å². The zero-order valence-corrected chi connectivity index (χ0v) is 11.1. The minimum absolute atomic E-state index is 0.103. The summed E-state index contributed by atoms with van der Waals surface area (Å²) in [4.78, 5) is 0. The Labute approximate surface area is 98.8 Å². The van der Waals surface area contributed by atoms with E-state index >= 15 is 0 Å². The maximum absolute atomic E-state index is 5.72. The van der Waals surface area contributed by atoms with Gasteiger partial charge in [-0.1, -0.05) is 0 Å². The summed E-state index contributed by atoms with van der Waals surface area (Å²) < 4.78 is 16.9. The second kappa shape index (κ2) is 5.19. The molecule has 0 fully saturated rings. The maximum Gasteiger partial charge on any atom is 0.207 e. The first-order valence-corrected chi connectivity index (χ1v) is 5.92. The van der Waals surface area contributed by atoms with E-state index in [1.165, 1.54) is 5.57 Å². The van der Waals surface area contributed by atoms with E-state index in [0.29, 0.717) is 13.2 Å². The molecule has 1 atom stereocenters. The van der Waals surface area contributed by atoms with Crippen molar-refractivity contribution in [3.05, 3.63) is 11.8 Å². The van der Waals surface area contributed by atoms with Crippen LogP contribution in [0.4, 0.5) is 0 Å². The first-order valence-electron chi connectivity index (χ1n) is 5.92. The Kier molecular flexibility index (Phi) is 4.39. The van der Waals surface area contributed by atoms with Crippen molar-refractivity contribution in [2.24, 2.45) is 0 Å². The van der Waals surface area contributed by atoms with Crippen LogP contribution >= 0.6 is 0 Å². The van der Waals surface area contributed by atoms with Crippen molar-refractivity contribution < 1.29 is 14.2 Å². The third-order valence-electron chi connectivity index (χ3n) is 2.51. The van der Waals surface area contributed by atoms with Gasteiger partial charge in [-0.2, -0.15) is 0 Å². The highest BCUT2D eigenvalue weighted by Crippen LogP contribution is 2.27. The molecule has 1 rings (SSSR count). The van der Waals surface area contributed by atoms with Gasteiger partial charge in [0.05, 0.1) is 25.1 Å². The van der Waals surface area contributed by atoms with Crippen LogP contribution in [0.5, 0.6) is 0 Å². The van der Waals surface area contributed by atoms with E-state index in [1.807, 2.05) is 27.7 Å². The van der Waals surface area contributed by atoms with Crippen LogP contribution in [0.3, 0.4) is 0 Å². The zero-order chi connectivity index (χ0) is 12.2. The average Bonchev–Trinajstić information content (AvgIpc) is 2.17. The van der Waals surface area contributed by atoms with E-state index in [2.05, 4.69) is 6.92 Å². The summed E-state index contributed by atoms with van der Waals surface area (Å²) in [6, 6.07) is 0. The van der Waals surface area contributed by atoms with Gasteiger partial charge in [0.1, 0.15) is 0 Å².